The first-order valence-corrected chi connectivity index (χ1v) is 6.76. The summed E-state index contributed by atoms with van der Waals surface area (Å²) in [7, 11) is 4.74. The summed E-state index contributed by atoms with van der Waals surface area (Å²) in [5.74, 6) is 1.86. The second-order valence-electron chi connectivity index (χ2n) is 4.76. The predicted octanol–water partition coefficient (Wildman–Crippen LogP) is 0.697. The van der Waals surface area contributed by atoms with Crippen molar-refractivity contribution in [3.63, 3.8) is 0 Å². The standard InChI is InChI=1S/C14H15N5O4/c1-18-8-15-19(14(18)20)7-12-16-13(17-23-12)9-4-5-10(21-2)11(6-9)22-3/h4-6,8H,7H2,1-3H3. The van der Waals surface area contributed by atoms with Crippen molar-refractivity contribution in [3.8, 4) is 22.9 Å². The van der Waals surface area contributed by atoms with Gasteiger partial charge in [-0.1, -0.05) is 5.16 Å². The normalized spacial score (nSPS) is 10.7. The summed E-state index contributed by atoms with van der Waals surface area (Å²) in [5.41, 5.74) is 0.460. The van der Waals surface area contributed by atoms with Gasteiger partial charge in [0.05, 0.1) is 14.2 Å². The minimum Gasteiger partial charge on any atom is -0.493 e. The van der Waals surface area contributed by atoms with Crippen molar-refractivity contribution in [1.29, 1.82) is 0 Å². The second-order valence-corrected chi connectivity index (χ2v) is 4.76. The zero-order chi connectivity index (χ0) is 16.4. The van der Waals surface area contributed by atoms with Crippen LogP contribution in [0, 0.1) is 0 Å². The summed E-state index contributed by atoms with van der Waals surface area (Å²) in [5, 5.41) is 7.86. The summed E-state index contributed by atoms with van der Waals surface area (Å²) >= 11 is 0. The highest BCUT2D eigenvalue weighted by Crippen LogP contribution is 2.31. The van der Waals surface area contributed by atoms with Crippen molar-refractivity contribution >= 4 is 0 Å². The van der Waals surface area contributed by atoms with Crippen LogP contribution in [0.4, 0.5) is 0 Å². The third-order valence-electron chi connectivity index (χ3n) is 3.28. The maximum atomic E-state index is 11.7. The van der Waals surface area contributed by atoms with Crippen molar-refractivity contribution in [2.45, 2.75) is 6.54 Å². The summed E-state index contributed by atoms with van der Waals surface area (Å²) in [6.45, 7) is 0.111. The largest absolute Gasteiger partial charge is 0.493 e. The first-order chi connectivity index (χ1) is 11.1. The number of methoxy groups -OCH3 is 2. The fraction of sp³-hybridized carbons (Fsp3) is 0.286. The Morgan fingerprint density at radius 2 is 2.00 bits per heavy atom. The minimum absolute atomic E-state index is 0.111. The van der Waals surface area contributed by atoms with Gasteiger partial charge in [-0.3, -0.25) is 4.57 Å². The van der Waals surface area contributed by atoms with E-state index in [-0.39, 0.29) is 18.1 Å². The van der Waals surface area contributed by atoms with Gasteiger partial charge < -0.3 is 14.0 Å². The number of nitrogens with zero attached hydrogens (tertiary/aromatic N) is 5. The van der Waals surface area contributed by atoms with E-state index in [1.54, 1.807) is 39.5 Å². The Bertz CT molecular complexity index is 879. The Morgan fingerprint density at radius 1 is 1.22 bits per heavy atom. The van der Waals surface area contributed by atoms with Gasteiger partial charge in [-0.2, -0.15) is 10.1 Å². The van der Waals surface area contributed by atoms with Crippen molar-refractivity contribution in [2.24, 2.45) is 7.05 Å². The third kappa shape index (κ3) is 2.80. The molecule has 3 aromatic rings. The highest BCUT2D eigenvalue weighted by Gasteiger charge is 2.13. The number of aryl methyl sites for hydroxylation is 1. The average molecular weight is 317 g/mol. The van der Waals surface area contributed by atoms with Gasteiger partial charge in [0.2, 0.25) is 11.7 Å². The summed E-state index contributed by atoms with van der Waals surface area (Å²) < 4.78 is 18.2. The molecule has 0 atom stereocenters. The monoisotopic (exact) mass is 317 g/mol. The lowest BCUT2D eigenvalue weighted by atomic mass is 10.2. The van der Waals surface area contributed by atoms with Crippen LogP contribution in [0.1, 0.15) is 5.89 Å². The molecule has 9 heteroatoms. The molecule has 0 fully saturated rings. The fourth-order valence-electron chi connectivity index (χ4n) is 2.07. The van der Waals surface area contributed by atoms with Gasteiger partial charge in [-0.15, -0.1) is 0 Å². The molecule has 0 spiro atoms. The van der Waals surface area contributed by atoms with Gasteiger partial charge in [0, 0.05) is 12.6 Å². The first-order valence-electron chi connectivity index (χ1n) is 6.76. The van der Waals surface area contributed by atoms with E-state index in [2.05, 4.69) is 15.2 Å². The molecule has 1 aromatic carbocycles. The molecular weight excluding hydrogens is 302 g/mol. The van der Waals surface area contributed by atoms with E-state index < -0.39 is 0 Å². The molecule has 0 aliphatic rings. The molecule has 0 saturated heterocycles. The minimum atomic E-state index is -0.254. The molecule has 0 bridgehead atoms. The van der Waals surface area contributed by atoms with Crippen LogP contribution in [0.2, 0.25) is 0 Å². The lowest BCUT2D eigenvalue weighted by Gasteiger charge is -2.07. The van der Waals surface area contributed by atoms with Crippen LogP contribution in [-0.2, 0) is 13.6 Å². The van der Waals surface area contributed by atoms with Gasteiger partial charge >= 0.3 is 5.69 Å². The lowest BCUT2D eigenvalue weighted by Crippen LogP contribution is -2.23. The number of ether oxygens (including phenoxy) is 2. The van der Waals surface area contributed by atoms with E-state index >= 15 is 0 Å². The SMILES string of the molecule is COc1ccc(-c2noc(Cn3ncn(C)c3=O)n2)cc1OC. The van der Waals surface area contributed by atoms with E-state index in [1.165, 1.54) is 15.6 Å². The predicted molar refractivity (Wildman–Crippen MR) is 79.4 cm³/mol. The molecule has 0 N–H and O–H groups in total. The molecule has 120 valence electrons. The van der Waals surface area contributed by atoms with E-state index in [0.29, 0.717) is 22.9 Å². The molecule has 0 aliphatic heterocycles. The smallest absolute Gasteiger partial charge is 0.345 e. The molecule has 2 heterocycles. The van der Waals surface area contributed by atoms with Gasteiger partial charge in [-0.25, -0.2) is 9.48 Å². The molecule has 0 amide bonds. The highest BCUT2D eigenvalue weighted by atomic mass is 16.5. The van der Waals surface area contributed by atoms with Crippen LogP contribution in [0.25, 0.3) is 11.4 Å². The van der Waals surface area contributed by atoms with Crippen LogP contribution in [-0.4, -0.2) is 38.7 Å². The molecule has 9 nitrogen and oxygen atoms in total. The Kier molecular flexibility index (Phi) is 3.83. The maximum Gasteiger partial charge on any atom is 0.345 e. The van der Waals surface area contributed by atoms with Gasteiger partial charge in [0.1, 0.15) is 12.9 Å². The van der Waals surface area contributed by atoms with E-state index in [1.807, 2.05) is 0 Å². The molecule has 2 aromatic heterocycles. The van der Waals surface area contributed by atoms with Crippen LogP contribution < -0.4 is 15.2 Å². The zero-order valence-electron chi connectivity index (χ0n) is 12.9. The second kappa shape index (κ2) is 5.95. The van der Waals surface area contributed by atoms with Gasteiger partial charge in [0.15, 0.2) is 11.5 Å². The Morgan fingerprint density at radius 3 is 2.65 bits per heavy atom. The lowest BCUT2D eigenvalue weighted by molar-refractivity contribution is 0.355. The average Bonchev–Trinajstić information content (AvgIpc) is 3.16. The van der Waals surface area contributed by atoms with E-state index in [4.69, 9.17) is 14.0 Å². The molecular formula is C14H15N5O4. The Balaban J connectivity index is 1.87. The van der Waals surface area contributed by atoms with Crippen molar-refractivity contribution in [1.82, 2.24) is 24.5 Å². The molecule has 0 aliphatic carbocycles. The molecule has 3 rings (SSSR count). The number of benzene rings is 1. The Hall–Kier alpha value is -3.10. The fourth-order valence-corrected chi connectivity index (χ4v) is 2.07. The van der Waals surface area contributed by atoms with Crippen LogP contribution in [0.5, 0.6) is 11.5 Å². The summed E-state index contributed by atoms with van der Waals surface area (Å²) in [4.78, 5) is 16.0. The summed E-state index contributed by atoms with van der Waals surface area (Å²) in [6.07, 6.45) is 1.42. The topological polar surface area (TPSA) is 97.2 Å². The number of hydrogen-bond donors (Lipinski definition) is 0. The number of aromatic nitrogens is 5. The van der Waals surface area contributed by atoms with Gasteiger partial charge in [0.25, 0.3) is 0 Å². The van der Waals surface area contributed by atoms with E-state index in [0.717, 1.165) is 0 Å². The Labute approximate surface area is 131 Å². The number of rotatable bonds is 5. The van der Waals surface area contributed by atoms with Crippen LogP contribution in [0.3, 0.4) is 0 Å². The van der Waals surface area contributed by atoms with Crippen molar-refractivity contribution < 1.29 is 14.0 Å². The maximum absolute atomic E-state index is 11.7. The van der Waals surface area contributed by atoms with E-state index in [9.17, 15) is 4.79 Å². The highest BCUT2D eigenvalue weighted by molar-refractivity contribution is 5.60. The van der Waals surface area contributed by atoms with Crippen molar-refractivity contribution in [2.75, 3.05) is 14.2 Å². The molecule has 0 radical (unpaired) electrons. The quantitative estimate of drug-likeness (QED) is 0.683. The van der Waals surface area contributed by atoms with Crippen LogP contribution in [0.15, 0.2) is 33.8 Å². The molecule has 0 saturated carbocycles. The van der Waals surface area contributed by atoms with Crippen LogP contribution >= 0.6 is 0 Å². The third-order valence-corrected chi connectivity index (χ3v) is 3.28. The molecule has 23 heavy (non-hydrogen) atoms. The van der Waals surface area contributed by atoms with Gasteiger partial charge in [-0.05, 0) is 18.2 Å². The zero-order valence-corrected chi connectivity index (χ0v) is 12.9. The van der Waals surface area contributed by atoms with Crippen molar-refractivity contribution in [3.05, 3.63) is 40.9 Å². The number of hydrogen-bond acceptors (Lipinski definition) is 7. The summed E-state index contributed by atoms with van der Waals surface area (Å²) in [6, 6.07) is 5.30. The first kappa shape index (κ1) is 14.8. The molecule has 0 unspecified atom stereocenters.